The lowest BCUT2D eigenvalue weighted by molar-refractivity contribution is 0.462. The van der Waals surface area contributed by atoms with Gasteiger partial charge in [0.05, 0.1) is 12.7 Å². The van der Waals surface area contributed by atoms with Crippen LogP contribution in [0.4, 0.5) is 0 Å². The van der Waals surface area contributed by atoms with Gasteiger partial charge in [-0.3, -0.25) is 4.68 Å². The molecule has 2 rings (SSSR count). The number of aromatic nitrogens is 2. The summed E-state index contributed by atoms with van der Waals surface area (Å²) in [6.45, 7) is 6.23. The third-order valence-corrected chi connectivity index (χ3v) is 3.60. The molecule has 1 atom stereocenters. The van der Waals surface area contributed by atoms with Gasteiger partial charge in [0.2, 0.25) is 0 Å². The van der Waals surface area contributed by atoms with Gasteiger partial charge in [-0.1, -0.05) is 50.6 Å². The van der Waals surface area contributed by atoms with Gasteiger partial charge in [-0.05, 0) is 18.4 Å². The van der Waals surface area contributed by atoms with Crippen molar-refractivity contribution in [2.45, 2.75) is 52.2 Å². The molecular formula is C17H25N3. The van der Waals surface area contributed by atoms with Crippen molar-refractivity contribution >= 4 is 0 Å². The third kappa shape index (κ3) is 4.49. The Bertz CT molecular complexity index is 490. The second-order valence-electron chi connectivity index (χ2n) is 5.31. The van der Waals surface area contributed by atoms with Crippen LogP contribution in [-0.4, -0.2) is 15.8 Å². The summed E-state index contributed by atoms with van der Waals surface area (Å²) in [7, 11) is 0. The molecule has 1 aromatic heterocycles. The standard InChI is InChI=1S/C17H25N3/c1-3-8-17(4-2)18-11-16-12-19-20(14-16)13-15-9-6-5-7-10-15/h5-7,9-10,12,14,17-18H,3-4,8,11,13H2,1-2H3. The molecule has 0 spiro atoms. The fourth-order valence-corrected chi connectivity index (χ4v) is 2.42. The van der Waals surface area contributed by atoms with Crippen LogP contribution in [0.1, 0.15) is 44.2 Å². The van der Waals surface area contributed by atoms with E-state index in [0.717, 1.165) is 13.1 Å². The number of benzene rings is 1. The lowest BCUT2D eigenvalue weighted by atomic mass is 10.1. The number of rotatable bonds is 8. The Labute approximate surface area is 122 Å². The van der Waals surface area contributed by atoms with Crippen molar-refractivity contribution in [1.82, 2.24) is 15.1 Å². The Morgan fingerprint density at radius 1 is 1.15 bits per heavy atom. The lowest BCUT2D eigenvalue weighted by Gasteiger charge is -2.14. The van der Waals surface area contributed by atoms with Crippen molar-refractivity contribution in [2.24, 2.45) is 0 Å². The summed E-state index contributed by atoms with van der Waals surface area (Å²) in [6, 6.07) is 11.1. The first-order chi connectivity index (χ1) is 9.81. The molecule has 0 amide bonds. The zero-order valence-corrected chi connectivity index (χ0v) is 12.5. The summed E-state index contributed by atoms with van der Waals surface area (Å²) in [5, 5.41) is 8.05. The Kier molecular flexibility index (Phi) is 5.81. The van der Waals surface area contributed by atoms with E-state index in [9.17, 15) is 0 Å². The van der Waals surface area contributed by atoms with Crippen LogP contribution in [0.5, 0.6) is 0 Å². The minimum atomic E-state index is 0.623. The predicted octanol–water partition coefficient (Wildman–Crippen LogP) is 3.60. The Balaban J connectivity index is 1.86. The van der Waals surface area contributed by atoms with E-state index in [-0.39, 0.29) is 0 Å². The first-order valence-electron chi connectivity index (χ1n) is 7.60. The molecule has 0 aliphatic carbocycles. The van der Waals surface area contributed by atoms with E-state index in [1.807, 2.05) is 16.9 Å². The molecule has 2 aromatic rings. The summed E-state index contributed by atoms with van der Waals surface area (Å²) < 4.78 is 2.01. The molecule has 0 fully saturated rings. The van der Waals surface area contributed by atoms with E-state index in [4.69, 9.17) is 0 Å². The van der Waals surface area contributed by atoms with Gasteiger partial charge in [0, 0.05) is 24.3 Å². The Morgan fingerprint density at radius 3 is 2.65 bits per heavy atom. The van der Waals surface area contributed by atoms with E-state index in [1.54, 1.807) is 0 Å². The fraction of sp³-hybridized carbons (Fsp3) is 0.471. The van der Waals surface area contributed by atoms with Crippen LogP contribution in [0.2, 0.25) is 0 Å². The van der Waals surface area contributed by atoms with E-state index in [2.05, 4.69) is 54.7 Å². The van der Waals surface area contributed by atoms with Gasteiger partial charge in [0.25, 0.3) is 0 Å². The van der Waals surface area contributed by atoms with E-state index in [0.29, 0.717) is 6.04 Å². The SMILES string of the molecule is CCCC(CC)NCc1cnn(Cc2ccccc2)c1. The minimum Gasteiger partial charge on any atom is -0.310 e. The van der Waals surface area contributed by atoms with E-state index in [1.165, 1.54) is 30.4 Å². The average molecular weight is 271 g/mol. The van der Waals surface area contributed by atoms with E-state index >= 15 is 0 Å². The molecule has 3 nitrogen and oxygen atoms in total. The second kappa shape index (κ2) is 7.85. The highest BCUT2D eigenvalue weighted by atomic mass is 15.3. The molecule has 108 valence electrons. The maximum atomic E-state index is 4.44. The molecule has 0 saturated carbocycles. The molecule has 0 aliphatic rings. The summed E-state index contributed by atoms with van der Waals surface area (Å²) in [5.74, 6) is 0. The molecule has 0 bridgehead atoms. The van der Waals surface area contributed by atoms with Gasteiger partial charge in [-0.25, -0.2) is 0 Å². The molecule has 0 saturated heterocycles. The highest BCUT2D eigenvalue weighted by Gasteiger charge is 2.05. The van der Waals surface area contributed by atoms with Crippen LogP contribution in [0, 0.1) is 0 Å². The van der Waals surface area contributed by atoms with Crippen LogP contribution in [0.15, 0.2) is 42.7 Å². The van der Waals surface area contributed by atoms with Crippen molar-refractivity contribution in [3.8, 4) is 0 Å². The van der Waals surface area contributed by atoms with Gasteiger partial charge in [-0.2, -0.15) is 5.10 Å². The topological polar surface area (TPSA) is 29.9 Å². The van der Waals surface area contributed by atoms with Crippen LogP contribution >= 0.6 is 0 Å². The van der Waals surface area contributed by atoms with Crippen molar-refractivity contribution in [3.63, 3.8) is 0 Å². The molecule has 3 heteroatoms. The smallest absolute Gasteiger partial charge is 0.0659 e. The maximum absolute atomic E-state index is 4.44. The highest BCUT2D eigenvalue weighted by Crippen LogP contribution is 2.06. The Hall–Kier alpha value is -1.61. The van der Waals surface area contributed by atoms with Crippen LogP contribution < -0.4 is 5.32 Å². The van der Waals surface area contributed by atoms with Crippen molar-refractivity contribution in [3.05, 3.63) is 53.9 Å². The molecule has 1 unspecified atom stereocenters. The summed E-state index contributed by atoms with van der Waals surface area (Å²) in [6.07, 6.45) is 7.77. The van der Waals surface area contributed by atoms with Gasteiger partial charge < -0.3 is 5.32 Å². The summed E-state index contributed by atoms with van der Waals surface area (Å²) >= 11 is 0. The number of hydrogen-bond donors (Lipinski definition) is 1. The van der Waals surface area contributed by atoms with Crippen LogP contribution in [-0.2, 0) is 13.1 Å². The normalized spacial score (nSPS) is 12.5. The monoisotopic (exact) mass is 271 g/mol. The molecule has 0 aliphatic heterocycles. The molecule has 20 heavy (non-hydrogen) atoms. The highest BCUT2D eigenvalue weighted by molar-refractivity contribution is 5.15. The maximum Gasteiger partial charge on any atom is 0.0659 e. The fourth-order valence-electron chi connectivity index (χ4n) is 2.42. The molecular weight excluding hydrogens is 246 g/mol. The zero-order chi connectivity index (χ0) is 14.2. The quantitative estimate of drug-likeness (QED) is 0.795. The number of hydrogen-bond acceptors (Lipinski definition) is 2. The Morgan fingerprint density at radius 2 is 1.95 bits per heavy atom. The first-order valence-corrected chi connectivity index (χ1v) is 7.60. The molecule has 1 aromatic carbocycles. The molecule has 1 N–H and O–H groups in total. The van der Waals surface area contributed by atoms with Crippen molar-refractivity contribution in [1.29, 1.82) is 0 Å². The van der Waals surface area contributed by atoms with Gasteiger partial charge in [0.15, 0.2) is 0 Å². The largest absolute Gasteiger partial charge is 0.310 e. The van der Waals surface area contributed by atoms with Crippen LogP contribution in [0.3, 0.4) is 0 Å². The van der Waals surface area contributed by atoms with E-state index < -0.39 is 0 Å². The summed E-state index contributed by atoms with van der Waals surface area (Å²) in [5.41, 5.74) is 2.54. The van der Waals surface area contributed by atoms with Gasteiger partial charge >= 0.3 is 0 Å². The summed E-state index contributed by atoms with van der Waals surface area (Å²) in [4.78, 5) is 0. The number of nitrogens with one attached hydrogen (secondary N) is 1. The molecule has 0 radical (unpaired) electrons. The third-order valence-electron chi connectivity index (χ3n) is 3.60. The zero-order valence-electron chi connectivity index (χ0n) is 12.5. The van der Waals surface area contributed by atoms with Gasteiger partial charge in [-0.15, -0.1) is 0 Å². The number of nitrogens with zero attached hydrogens (tertiary/aromatic N) is 2. The lowest BCUT2D eigenvalue weighted by Crippen LogP contribution is -2.27. The van der Waals surface area contributed by atoms with Crippen molar-refractivity contribution in [2.75, 3.05) is 0 Å². The van der Waals surface area contributed by atoms with Crippen molar-refractivity contribution < 1.29 is 0 Å². The van der Waals surface area contributed by atoms with Crippen LogP contribution in [0.25, 0.3) is 0 Å². The van der Waals surface area contributed by atoms with Gasteiger partial charge in [0.1, 0.15) is 0 Å². The minimum absolute atomic E-state index is 0.623. The second-order valence-corrected chi connectivity index (χ2v) is 5.31. The predicted molar refractivity (Wildman–Crippen MR) is 83.6 cm³/mol. The molecule has 1 heterocycles. The first kappa shape index (κ1) is 14.8. The average Bonchev–Trinajstić information content (AvgIpc) is 2.92.